The molecule has 0 bridgehead atoms. The van der Waals surface area contributed by atoms with Crippen molar-refractivity contribution in [1.82, 2.24) is 15.3 Å². The van der Waals surface area contributed by atoms with Crippen molar-refractivity contribution in [2.45, 2.75) is 62.1 Å². The molecule has 1 aliphatic rings. The van der Waals surface area contributed by atoms with Gasteiger partial charge < -0.3 is 20.3 Å². The number of hydrogen-bond acceptors (Lipinski definition) is 8. The van der Waals surface area contributed by atoms with Gasteiger partial charge in [0.15, 0.2) is 5.78 Å². The van der Waals surface area contributed by atoms with E-state index in [1.54, 1.807) is 24.3 Å². The predicted molar refractivity (Wildman–Crippen MR) is 185 cm³/mol. The van der Waals surface area contributed by atoms with Crippen LogP contribution in [-0.4, -0.2) is 59.7 Å². The van der Waals surface area contributed by atoms with E-state index < -0.39 is 5.25 Å². The van der Waals surface area contributed by atoms with Gasteiger partial charge in [0.2, 0.25) is 11.9 Å². The Hall–Kier alpha value is -3.82. The van der Waals surface area contributed by atoms with Crippen LogP contribution in [0.3, 0.4) is 0 Å². The molecule has 0 spiro atoms. The van der Waals surface area contributed by atoms with E-state index in [0.29, 0.717) is 28.9 Å². The first-order valence-electron chi connectivity index (χ1n) is 15.4. The molecule has 0 saturated heterocycles. The fourth-order valence-corrected chi connectivity index (χ4v) is 6.72. The first-order chi connectivity index (χ1) is 21.8. The lowest BCUT2D eigenvalue weighted by molar-refractivity contribution is -0.121. The molecular weight excluding hydrogens is 606 g/mol. The maximum atomic E-state index is 13.6. The first kappa shape index (κ1) is 32.6. The molecule has 0 aliphatic heterocycles. The molecule has 1 atom stereocenters. The number of carbonyl (C=O) groups excluding carboxylic acids is 2. The molecule has 1 aliphatic carbocycles. The van der Waals surface area contributed by atoms with Gasteiger partial charge in [0.25, 0.3) is 0 Å². The fourth-order valence-electron chi connectivity index (χ4n) is 5.52. The summed E-state index contributed by atoms with van der Waals surface area (Å²) in [7, 11) is 3.97. The summed E-state index contributed by atoms with van der Waals surface area (Å²) in [4.78, 5) is 38.4. The summed E-state index contributed by atoms with van der Waals surface area (Å²) in [5, 5.41) is 7.96. The molecule has 1 fully saturated rings. The summed E-state index contributed by atoms with van der Waals surface area (Å²) in [6, 6.07) is 23.0. The number of para-hydroxylation sites is 1. The van der Waals surface area contributed by atoms with Gasteiger partial charge in [-0.05, 0) is 86.7 Å². The number of hydrogen-bond donors (Lipinski definition) is 2. The molecule has 3 aromatic carbocycles. The van der Waals surface area contributed by atoms with E-state index >= 15 is 0 Å². The van der Waals surface area contributed by atoms with Crippen LogP contribution in [0.1, 0.15) is 54.9 Å². The molecule has 1 unspecified atom stereocenters. The highest BCUT2D eigenvalue weighted by atomic mass is 35.5. The largest absolute Gasteiger partial charge is 0.494 e. The Bertz CT molecular complexity index is 1590. The zero-order valence-electron chi connectivity index (χ0n) is 26.0. The normalized spacial score (nSPS) is 17.0. The van der Waals surface area contributed by atoms with Gasteiger partial charge in [-0.2, -0.15) is 4.98 Å². The molecule has 1 aromatic heterocycles. The van der Waals surface area contributed by atoms with Crippen molar-refractivity contribution in [3.05, 3.63) is 88.9 Å². The molecule has 1 amide bonds. The van der Waals surface area contributed by atoms with E-state index in [0.717, 1.165) is 53.7 Å². The van der Waals surface area contributed by atoms with Crippen molar-refractivity contribution >= 4 is 57.7 Å². The summed E-state index contributed by atoms with van der Waals surface area (Å²) in [5.41, 5.74) is 2.53. The monoisotopic (exact) mass is 645 g/mol. The second kappa shape index (κ2) is 15.5. The average Bonchev–Trinajstić information content (AvgIpc) is 3.04. The molecular formula is C35H40ClN5O3S. The zero-order chi connectivity index (χ0) is 31.8. The van der Waals surface area contributed by atoms with Gasteiger partial charge in [0, 0.05) is 54.3 Å². The lowest BCUT2D eigenvalue weighted by atomic mass is 9.91. The number of fused-ring (bicyclic) bond motifs is 1. The van der Waals surface area contributed by atoms with Crippen LogP contribution in [0, 0.1) is 0 Å². The number of ether oxygens (including phenoxy) is 1. The molecule has 4 aromatic rings. The minimum Gasteiger partial charge on any atom is -0.494 e. The van der Waals surface area contributed by atoms with Gasteiger partial charge in [-0.1, -0.05) is 35.9 Å². The van der Waals surface area contributed by atoms with Crippen LogP contribution < -0.4 is 20.3 Å². The second-order valence-electron chi connectivity index (χ2n) is 11.5. The predicted octanol–water partition coefficient (Wildman–Crippen LogP) is 7.16. The third-order valence-electron chi connectivity index (χ3n) is 7.93. The number of aromatic nitrogens is 2. The van der Waals surface area contributed by atoms with Gasteiger partial charge in [0.1, 0.15) is 11.6 Å². The third kappa shape index (κ3) is 8.89. The zero-order valence-corrected chi connectivity index (χ0v) is 27.5. The molecule has 8 nitrogen and oxygen atoms in total. The number of amides is 1. The van der Waals surface area contributed by atoms with Crippen LogP contribution in [0.4, 0.5) is 11.8 Å². The number of Topliss-reactive ketones (excluding diaryl/α,β-unsaturated/α-hetero) is 1. The van der Waals surface area contributed by atoms with E-state index in [1.165, 1.54) is 11.8 Å². The van der Waals surface area contributed by atoms with Crippen molar-refractivity contribution in [1.29, 1.82) is 0 Å². The van der Waals surface area contributed by atoms with E-state index in [1.807, 2.05) is 74.4 Å². The molecule has 236 valence electrons. The minimum atomic E-state index is -0.522. The van der Waals surface area contributed by atoms with Gasteiger partial charge in [0.05, 0.1) is 17.4 Å². The lowest BCUT2D eigenvalue weighted by Gasteiger charge is -2.31. The molecule has 45 heavy (non-hydrogen) atoms. The Morgan fingerprint density at radius 3 is 2.33 bits per heavy atom. The summed E-state index contributed by atoms with van der Waals surface area (Å²) < 4.78 is 5.51. The number of rotatable bonds is 13. The highest BCUT2D eigenvalue weighted by Gasteiger charge is 2.28. The fraction of sp³-hybridized carbons (Fsp3) is 0.371. The molecule has 0 radical (unpaired) electrons. The van der Waals surface area contributed by atoms with Crippen molar-refractivity contribution in [3.63, 3.8) is 0 Å². The van der Waals surface area contributed by atoms with Gasteiger partial charge in [-0.3, -0.25) is 9.59 Å². The summed E-state index contributed by atoms with van der Waals surface area (Å²) in [6.07, 6.45) is 3.54. The van der Waals surface area contributed by atoms with Crippen LogP contribution in [-0.2, 0) is 10.5 Å². The molecule has 10 heteroatoms. The number of nitrogens with one attached hydrogen (secondary N) is 2. The highest BCUT2D eigenvalue weighted by Crippen LogP contribution is 2.28. The topological polar surface area (TPSA) is 96.5 Å². The Kier molecular flexibility index (Phi) is 11.2. The van der Waals surface area contributed by atoms with Crippen LogP contribution in [0.15, 0.2) is 72.8 Å². The van der Waals surface area contributed by atoms with Gasteiger partial charge in [-0.15, -0.1) is 11.8 Å². The highest BCUT2D eigenvalue weighted by molar-refractivity contribution is 7.99. The molecule has 1 saturated carbocycles. The standard InChI is InChI=1S/C35H40ClN5O3S/c1-4-44-28-19-11-24(12-20-28)31(42)21-32(45-22-23-9-13-25(36)14-10-23)34(43)37-26-15-17-27(18-16-26)38-35-39-30-8-6-5-7-29(30)33(40-35)41(2)3/h5-14,19-20,26-27,32H,4,15-18,21-22H2,1-3H3,(H,37,43)(H,38,39,40). The lowest BCUT2D eigenvalue weighted by Crippen LogP contribution is -2.44. The van der Waals surface area contributed by atoms with Crippen molar-refractivity contribution in [3.8, 4) is 5.75 Å². The van der Waals surface area contributed by atoms with Crippen LogP contribution in [0.25, 0.3) is 10.9 Å². The Morgan fingerprint density at radius 1 is 0.956 bits per heavy atom. The van der Waals surface area contributed by atoms with Crippen molar-refractivity contribution in [2.75, 3.05) is 30.9 Å². The molecule has 5 rings (SSSR count). The first-order valence-corrected chi connectivity index (χ1v) is 16.8. The number of ketones is 1. The molecule has 1 heterocycles. The van der Waals surface area contributed by atoms with E-state index in [2.05, 4.69) is 10.6 Å². The minimum absolute atomic E-state index is 0.0459. The van der Waals surface area contributed by atoms with Crippen LogP contribution in [0.5, 0.6) is 5.75 Å². The quantitative estimate of drug-likeness (QED) is 0.148. The average molecular weight is 646 g/mol. The number of benzene rings is 3. The SMILES string of the molecule is CCOc1ccc(C(=O)CC(SCc2ccc(Cl)cc2)C(=O)NC2CCC(Nc3nc(N(C)C)c4ccccc4n3)CC2)cc1. The van der Waals surface area contributed by atoms with Crippen molar-refractivity contribution < 1.29 is 14.3 Å². The van der Waals surface area contributed by atoms with E-state index in [9.17, 15) is 9.59 Å². The number of nitrogens with zero attached hydrogens (tertiary/aromatic N) is 3. The number of anilines is 2. The number of thioether (sulfide) groups is 1. The maximum absolute atomic E-state index is 13.6. The summed E-state index contributed by atoms with van der Waals surface area (Å²) >= 11 is 7.55. The summed E-state index contributed by atoms with van der Waals surface area (Å²) in [6.45, 7) is 2.48. The number of carbonyl (C=O) groups is 2. The van der Waals surface area contributed by atoms with E-state index in [-0.39, 0.29) is 30.2 Å². The Balaban J connectivity index is 1.20. The van der Waals surface area contributed by atoms with Gasteiger partial charge in [-0.25, -0.2) is 4.98 Å². The summed E-state index contributed by atoms with van der Waals surface area (Å²) in [5.74, 6) is 2.65. The molecule has 2 N–H and O–H groups in total. The number of halogens is 1. The second-order valence-corrected chi connectivity index (χ2v) is 13.1. The smallest absolute Gasteiger partial charge is 0.233 e. The van der Waals surface area contributed by atoms with Gasteiger partial charge >= 0.3 is 0 Å². The maximum Gasteiger partial charge on any atom is 0.233 e. The Labute approximate surface area is 274 Å². The van der Waals surface area contributed by atoms with Crippen LogP contribution >= 0.6 is 23.4 Å². The van der Waals surface area contributed by atoms with Crippen molar-refractivity contribution in [2.24, 2.45) is 0 Å². The van der Waals surface area contributed by atoms with E-state index in [4.69, 9.17) is 26.3 Å². The Morgan fingerprint density at radius 2 is 1.64 bits per heavy atom. The van der Waals surface area contributed by atoms with Crippen LogP contribution in [0.2, 0.25) is 5.02 Å². The third-order valence-corrected chi connectivity index (χ3v) is 9.46.